The summed E-state index contributed by atoms with van der Waals surface area (Å²) in [4.78, 5) is 18.0. The lowest BCUT2D eigenvalue weighted by Crippen LogP contribution is -2.58. The molecule has 2 heterocycles. The molecule has 1 fully saturated rings. The van der Waals surface area contributed by atoms with Crippen LogP contribution in [0.15, 0.2) is 17.6 Å². The minimum atomic E-state index is -3.72. The number of rotatable bonds is 4. The lowest BCUT2D eigenvalue weighted by molar-refractivity contribution is -0.138. The number of aryl methyl sites for hydroxylation is 1. The van der Waals surface area contributed by atoms with Crippen molar-refractivity contribution >= 4 is 15.9 Å². The molecule has 1 atom stereocenters. The van der Waals surface area contributed by atoms with Gasteiger partial charge in [0.2, 0.25) is 5.91 Å². The Morgan fingerprint density at radius 3 is 2.57 bits per heavy atom. The minimum absolute atomic E-state index is 0.0121. The molecular weight excluding hydrogens is 292 g/mol. The summed E-state index contributed by atoms with van der Waals surface area (Å²) < 4.78 is 28.0. The van der Waals surface area contributed by atoms with Crippen molar-refractivity contribution in [2.75, 3.05) is 19.6 Å². The average Bonchev–Trinajstić information content (AvgIpc) is 2.82. The molecule has 0 spiro atoms. The highest BCUT2D eigenvalue weighted by atomic mass is 32.2. The first-order chi connectivity index (χ1) is 9.73. The van der Waals surface area contributed by atoms with Crippen LogP contribution >= 0.6 is 0 Å². The van der Waals surface area contributed by atoms with E-state index in [9.17, 15) is 13.2 Å². The zero-order valence-electron chi connectivity index (χ0n) is 12.9. The molecule has 8 heteroatoms. The largest absolute Gasteiger partial charge is 0.340 e. The third-order valence-electron chi connectivity index (χ3n) is 3.53. The van der Waals surface area contributed by atoms with Crippen molar-refractivity contribution < 1.29 is 13.2 Å². The predicted molar refractivity (Wildman–Crippen MR) is 78.0 cm³/mol. The lowest BCUT2D eigenvalue weighted by atomic mass is 10.1. The van der Waals surface area contributed by atoms with Crippen LogP contribution in [0, 0.1) is 5.92 Å². The van der Waals surface area contributed by atoms with Crippen LogP contribution in [0.5, 0.6) is 0 Å². The molecule has 118 valence electrons. The van der Waals surface area contributed by atoms with Crippen LogP contribution in [-0.2, 0) is 21.9 Å². The van der Waals surface area contributed by atoms with Crippen molar-refractivity contribution in [2.24, 2.45) is 13.0 Å². The van der Waals surface area contributed by atoms with Crippen LogP contribution in [0.25, 0.3) is 0 Å². The van der Waals surface area contributed by atoms with Crippen molar-refractivity contribution in [2.45, 2.75) is 31.8 Å². The highest BCUT2D eigenvalue weighted by Crippen LogP contribution is 2.21. The zero-order chi connectivity index (χ0) is 15.8. The molecule has 1 saturated heterocycles. The minimum Gasteiger partial charge on any atom is -0.340 e. The smallest absolute Gasteiger partial charge is 0.262 e. The molecule has 0 aliphatic carbocycles. The van der Waals surface area contributed by atoms with E-state index < -0.39 is 16.1 Å². The molecule has 0 saturated carbocycles. The lowest BCUT2D eigenvalue weighted by Gasteiger charge is -2.38. The summed E-state index contributed by atoms with van der Waals surface area (Å²) in [6.07, 6.45) is 2.89. The summed E-state index contributed by atoms with van der Waals surface area (Å²) >= 11 is 0. The van der Waals surface area contributed by atoms with Crippen LogP contribution < -0.4 is 0 Å². The van der Waals surface area contributed by atoms with Gasteiger partial charge in [0.1, 0.15) is 6.04 Å². The second-order valence-corrected chi connectivity index (χ2v) is 7.68. The maximum absolute atomic E-state index is 12.6. The Balaban J connectivity index is 2.21. The van der Waals surface area contributed by atoms with Gasteiger partial charge in [-0.3, -0.25) is 4.79 Å². The summed E-state index contributed by atoms with van der Waals surface area (Å²) in [6.45, 7) is 7.09. The highest BCUT2D eigenvalue weighted by Gasteiger charge is 2.39. The van der Waals surface area contributed by atoms with Gasteiger partial charge in [-0.05, 0) is 12.8 Å². The second-order valence-electron chi connectivity index (χ2n) is 5.85. The van der Waals surface area contributed by atoms with Gasteiger partial charge in [-0.1, -0.05) is 13.8 Å². The first kappa shape index (κ1) is 16.0. The molecule has 0 bridgehead atoms. The van der Waals surface area contributed by atoms with Crippen molar-refractivity contribution in [3.8, 4) is 0 Å². The molecule has 7 nitrogen and oxygen atoms in total. The predicted octanol–water partition coefficient (Wildman–Crippen LogP) is 0.297. The number of hydrogen-bond acceptors (Lipinski definition) is 4. The topological polar surface area (TPSA) is 75.5 Å². The Bertz CT molecular complexity index is 623. The Morgan fingerprint density at radius 1 is 1.38 bits per heavy atom. The maximum atomic E-state index is 12.6. The SMILES string of the molecule is CC(C)CN1CCN(S(=O)(=O)c2cn(C)cn2)[C@@H](C)C1=O. The van der Waals surface area contributed by atoms with Gasteiger partial charge in [0.25, 0.3) is 10.0 Å². The molecule has 1 amide bonds. The van der Waals surface area contributed by atoms with Gasteiger partial charge >= 0.3 is 0 Å². The number of sulfonamides is 1. The summed E-state index contributed by atoms with van der Waals surface area (Å²) in [7, 11) is -2.01. The van der Waals surface area contributed by atoms with Crippen LogP contribution in [0.4, 0.5) is 0 Å². The van der Waals surface area contributed by atoms with E-state index in [1.54, 1.807) is 23.4 Å². The van der Waals surface area contributed by atoms with E-state index in [4.69, 9.17) is 0 Å². The summed E-state index contributed by atoms with van der Waals surface area (Å²) in [5, 5.41) is -0.0121. The number of hydrogen-bond donors (Lipinski definition) is 0. The third kappa shape index (κ3) is 3.11. The Hall–Kier alpha value is -1.41. The first-order valence-corrected chi connectivity index (χ1v) is 8.46. The zero-order valence-corrected chi connectivity index (χ0v) is 13.7. The molecule has 1 aromatic heterocycles. The molecule has 1 aliphatic rings. The monoisotopic (exact) mass is 314 g/mol. The van der Waals surface area contributed by atoms with E-state index >= 15 is 0 Å². The van der Waals surface area contributed by atoms with Crippen LogP contribution in [-0.4, -0.2) is 58.8 Å². The van der Waals surface area contributed by atoms with Gasteiger partial charge in [0.05, 0.1) is 6.33 Å². The van der Waals surface area contributed by atoms with E-state index in [-0.39, 0.29) is 10.9 Å². The van der Waals surface area contributed by atoms with Crippen molar-refractivity contribution in [1.29, 1.82) is 0 Å². The van der Waals surface area contributed by atoms with Gasteiger partial charge in [0.15, 0.2) is 5.03 Å². The van der Waals surface area contributed by atoms with Gasteiger partial charge in [-0.15, -0.1) is 0 Å². The number of imidazole rings is 1. The Morgan fingerprint density at radius 2 is 2.05 bits per heavy atom. The first-order valence-electron chi connectivity index (χ1n) is 7.02. The van der Waals surface area contributed by atoms with E-state index in [0.717, 1.165) is 0 Å². The fourth-order valence-corrected chi connectivity index (χ4v) is 4.05. The fraction of sp³-hybridized carbons (Fsp3) is 0.692. The van der Waals surface area contributed by atoms with E-state index in [2.05, 4.69) is 4.98 Å². The van der Waals surface area contributed by atoms with Gasteiger partial charge in [-0.2, -0.15) is 4.31 Å². The van der Waals surface area contributed by atoms with Crippen molar-refractivity contribution in [1.82, 2.24) is 18.8 Å². The molecule has 0 unspecified atom stereocenters. The number of amides is 1. The van der Waals surface area contributed by atoms with E-state index in [1.165, 1.54) is 16.8 Å². The Labute approximate surface area is 125 Å². The molecule has 1 aromatic rings. The molecule has 0 radical (unpaired) electrons. The second kappa shape index (κ2) is 5.76. The molecule has 21 heavy (non-hydrogen) atoms. The van der Waals surface area contributed by atoms with Crippen molar-refractivity contribution in [3.05, 3.63) is 12.5 Å². The third-order valence-corrected chi connectivity index (χ3v) is 5.39. The molecule has 0 N–H and O–H groups in total. The quantitative estimate of drug-likeness (QED) is 0.801. The normalized spacial score (nSPS) is 21.3. The van der Waals surface area contributed by atoms with E-state index in [0.29, 0.717) is 25.6 Å². The fourth-order valence-electron chi connectivity index (χ4n) is 2.50. The molecular formula is C13H22N4O3S. The molecule has 1 aliphatic heterocycles. The highest BCUT2D eigenvalue weighted by molar-refractivity contribution is 7.89. The molecule has 2 rings (SSSR count). The number of nitrogens with zero attached hydrogens (tertiary/aromatic N) is 4. The van der Waals surface area contributed by atoms with Gasteiger partial charge in [0, 0.05) is 32.9 Å². The van der Waals surface area contributed by atoms with E-state index in [1.807, 2.05) is 13.8 Å². The average molecular weight is 314 g/mol. The van der Waals surface area contributed by atoms with Crippen LogP contribution in [0.2, 0.25) is 0 Å². The summed E-state index contributed by atoms with van der Waals surface area (Å²) in [5.74, 6) is 0.217. The van der Waals surface area contributed by atoms with Crippen LogP contribution in [0.3, 0.4) is 0 Å². The maximum Gasteiger partial charge on any atom is 0.262 e. The number of aromatic nitrogens is 2. The molecule has 0 aromatic carbocycles. The van der Waals surface area contributed by atoms with Gasteiger partial charge in [-0.25, -0.2) is 13.4 Å². The number of carbonyl (C=O) groups is 1. The summed E-state index contributed by atoms with van der Waals surface area (Å²) in [5.41, 5.74) is 0. The summed E-state index contributed by atoms with van der Waals surface area (Å²) in [6, 6.07) is -0.690. The number of carbonyl (C=O) groups excluding carboxylic acids is 1. The van der Waals surface area contributed by atoms with Crippen molar-refractivity contribution in [3.63, 3.8) is 0 Å². The Kier molecular flexibility index (Phi) is 4.38. The van der Waals surface area contributed by atoms with Crippen LogP contribution in [0.1, 0.15) is 20.8 Å². The number of piperazine rings is 1. The standard InChI is InChI=1S/C13H22N4O3S/c1-10(2)7-16-5-6-17(11(3)13(16)18)21(19,20)12-8-15(4)9-14-12/h8-11H,5-7H2,1-4H3/t11-/m0/s1. The van der Waals surface area contributed by atoms with Gasteiger partial charge < -0.3 is 9.47 Å².